The van der Waals surface area contributed by atoms with Crippen molar-refractivity contribution in [3.8, 4) is 0 Å². The zero-order chi connectivity index (χ0) is 10.2. The maximum absolute atomic E-state index is 5.67. The molecule has 0 spiro atoms. The first-order valence-electron chi connectivity index (χ1n) is 5.10. The average Bonchev–Trinajstić information content (AvgIpc) is 2.17. The Hall–Kier alpha value is -0.120. The standard InChI is InChI=1S/C10H23NO2/c1-4-10(3,9-11)13-8-6-7-12-5-2/h4-9,11H2,1-3H3. The Labute approximate surface area is 81.6 Å². The minimum absolute atomic E-state index is 0.147. The predicted molar refractivity (Wildman–Crippen MR) is 54.8 cm³/mol. The van der Waals surface area contributed by atoms with E-state index in [2.05, 4.69) is 6.92 Å². The molecule has 0 radical (unpaired) electrons. The second kappa shape index (κ2) is 7.30. The van der Waals surface area contributed by atoms with E-state index in [1.165, 1.54) is 0 Å². The van der Waals surface area contributed by atoms with Crippen molar-refractivity contribution in [3.63, 3.8) is 0 Å². The van der Waals surface area contributed by atoms with Gasteiger partial charge in [-0.05, 0) is 26.7 Å². The molecule has 1 unspecified atom stereocenters. The maximum Gasteiger partial charge on any atom is 0.0773 e. The number of nitrogens with two attached hydrogens (primary N) is 1. The molecule has 80 valence electrons. The van der Waals surface area contributed by atoms with Gasteiger partial charge < -0.3 is 15.2 Å². The summed E-state index contributed by atoms with van der Waals surface area (Å²) in [5.41, 5.74) is 5.46. The molecule has 0 aliphatic carbocycles. The van der Waals surface area contributed by atoms with E-state index < -0.39 is 0 Å². The molecule has 3 heteroatoms. The van der Waals surface area contributed by atoms with E-state index in [0.717, 1.165) is 32.7 Å². The van der Waals surface area contributed by atoms with Gasteiger partial charge in [-0.15, -0.1) is 0 Å². The molecule has 2 N–H and O–H groups in total. The Morgan fingerprint density at radius 1 is 1.23 bits per heavy atom. The van der Waals surface area contributed by atoms with E-state index in [4.69, 9.17) is 15.2 Å². The predicted octanol–water partition coefficient (Wildman–Crippen LogP) is 1.56. The molecule has 0 saturated carbocycles. The monoisotopic (exact) mass is 189 g/mol. The normalized spacial score (nSPS) is 15.7. The lowest BCUT2D eigenvalue weighted by Gasteiger charge is -2.26. The first kappa shape index (κ1) is 12.9. The molecule has 0 fully saturated rings. The van der Waals surface area contributed by atoms with Crippen LogP contribution in [0.5, 0.6) is 0 Å². The molecule has 0 aromatic heterocycles. The van der Waals surface area contributed by atoms with Crippen LogP contribution in [-0.4, -0.2) is 32.0 Å². The zero-order valence-electron chi connectivity index (χ0n) is 9.14. The molecule has 0 heterocycles. The van der Waals surface area contributed by atoms with Crippen LogP contribution in [0.1, 0.15) is 33.6 Å². The van der Waals surface area contributed by atoms with Gasteiger partial charge in [0.2, 0.25) is 0 Å². The highest BCUT2D eigenvalue weighted by molar-refractivity contribution is 4.73. The van der Waals surface area contributed by atoms with Crippen molar-refractivity contribution in [2.75, 3.05) is 26.4 Å². The summed E-state index contributed by atoms with van der Waals surface area (Å²) in [5.74, 6) is 0. The summed E-state index contributed by atoms with van der Waals surface area (Å²) in [4.78, 5) is 0. The summed E-state index contributed by atoms with van der Waals surface area (Å²) in [7, 11) is 0. The van der Waals surface area contributed by atoms with Crippen molar-refractivity contribution in [1.82, 2.24) is 0 Å². The molecule has 0 saturated heterocycles. The van der Waals surface area contributed by atoms with Crippen LogP contribution in [0.3, 0.4) is 0 Å². The van der Waals surface area contributed by atoms with Crippen LogP contribution in [0.4, 0.5) is 0 Å². The summed E-state index contributed by atoms with van der Waals surface area (Å²) in [6.45, 7) is 9.02. The molecule has 0 amide bonds. The highest BCUT2D eigenvalue weighted by atomic mass is 16.5. The third kappa shape index (κ3) is 6.02. The third-order valence-corrected chi connectivity index (χ3v) is 2.27. The molecule has 0 aliphatic heterocycles. The van der Waals surface area contributed by atoms with Gasteiger partial charge in [0, 0.05) is 26.4 Å². The van der Waals surface area contributed by atoms with E-state index in [-0.39, 0.29) is 5.60 Å². The summed E-state index contributed by atoms with van der Waals surface area (Å²) in [5, 5.41) is 0. The van der Waals surface area contributed by atoms with Crippen molar-refractivity contribution >= 4 is 0 Å². The Kier molecular flexibility index (Phi) is 7.23. The zero-order valence-corrected chi connectivity index (χ0v) is 9.14. The molecule has 0 aromatic carbocycles. The highest BCUT2D eigenvalue weighted by Crippen LogP contribution is 2.12. The fourth-order valence-electron chi connectivity index (χ4n) is 0.929. The molecule has 0 rings (SSSR count). The SMILES string of the molecule is CCOCCCOC(C)(CC)CN. The second-order valence-corrected chi connectivity index (χ2v) is 3.41. The van der Waals surface area contributed by atoms with Crippen LogP contribution in [-0.2, 0) is 9.47 Å². The lowest BCUT2D eigenvalue weighted by molar-refractivity contribution is -0.0353. The average molecular weight is 189 g/mol. The second-order valence-electron chi connectivity index (χ2n) is 3.41. The number of hydrogen-bond acceptors (Lipinski definition) is 3. The van der Waals surface area contributed by atoms with Crippen LogP contribution >= 0.6 is 0 Å². The van der Waals surface area contributed by atoms with E-state index in [0.29, 0.717) is 6.54 Å². The van der Waals surface area contributed by atoms with Crippen LogP contribution in [0.15, 0.2) is 0 Å². The summed E-state index contributed by atoms with van der Waals surface area (Å²) in [6.07, 6.45) is 1.90. The molecule has 0 bridgehead atoms. The van der Waals surface area contributed by atoms with Gasteiger partial charge in [0.15, 0.2) is 0 Å². The van der Waals surface area contributed by atoms with Gasteiger partial charge in [-0.1, -0.05) is 6.92 Å². The molecule has 0 aromatic rings. The van der Waals surface area contributed by atoms with Gasteiger partial charge in [-0.2, -0.15) is 0 Å². The summed E-state index contributed by atoms with van der Waals surface area (Å²) in [6, 6.07) is 0. The van der Waals surface area contributed by atoms with Gasteiger partial charge >= 0.3 is 0 Å². The minimum Gasteiger partial charge on any atom is -0.382 e. The number of hydrogen-bond donors (Lipinski definition) is 1. The van der Waals surface area contributed by atoms with E-state index in [1.54, 1.807) is 0 Å². The smallest absolute Gasteiger partial charge is 0.0773 e. The number of rotatable bonds is 8. The Morgan fingerprint density at radius 2 is 1.92 bits per heavy atom. The summed E-state index contributed by atoms with van der Waals surface area (Å²) < 4.78 is 10.9. The van der Waals surface area contributed by atoms with Gasteiger partial charge in [0.25, 0.3) is 0 Å². The van der Waals surface area contributed by atoms with Crippen molar-refractivity contribution in [3.05, 3.63) is 0 Å². The fraction of sp³-hybridized carbons (Fsp3) is 1.00. The Bertz CT molecular complexity index is 113. The quantitative estimate of drug-likeness (QED) is 0.589. The molecule has 3 nitrogen and oxygen atoms in total. The van der Waals surface area contributed by atoms with E-state index in [9.17, 15) is 0 Å². The van der Waals surface area contributed by atoms with Crippen molar-refractivity contribution < 1.29 is 9.47 Å². The van der Waals surface area contributed by atoms with Crippen LogP contribution in [0, 0.1) is 0 Å². The first-order valence-corrected chi connectivity index (χ1v) is 5.10. The highest BCUT2D eigenvalue weighted by Gasteiger charge is 2.19. The van der Waals surface area contributed by atoms with Crippen molar-refractivity contribution in [2.24, 2.45) is 5.73 Å². The molecular formula is C10H23NO2. The van der Waals surface area contributed by atoms with Crippen molar-refractivity contribution in [2.45, 2.75) is 39.2 Å². The molecule has 0 aliphatic rings. The minimum atomic E-state index is -0.147. The number of ether oxygens (including phenoxy) is 2. The van der Waals surface area contributed by atoms with Gasteiger partial charge in [-0.3, -0.25) is 0 Å². The maximum atomic E-state index is 5.67. The molecule has 1 atom stereocenters. The van der Waals surface area contributed by atoms with Crippen LogP contribution in [0.2, 0.25) is 0 Å². The Balaban J connectivity index is 3.39. The topological polar surface area (TPSA) is 44.5 Å². The fourth-order valence-corrected chi connectivity index (χ4v) is 0.929. The van der Waals surface area contributed by atoms with E-state index in [1.807, 2.05) is 13.8 Å². The van der Waals surface area contributed by atoms with Crippen LogP contribution in [0.25, 0.3) is 0 Å². The summed E-state index contributed by atoms with van der Waals surface area (Å²) >= 11 is 0. The van der Waals surface area contributed by atoms with Crippen molar-refractivity contribution in [1.29, 1.82) is 0 Å². The third-order valence-electron chi connectivity index (χ3n) is 2.27. The molecule has 13 heavy (non-hydrogen) atoms. The largest absolute Gasteiger partial charge is 0.382 e. The lowest BCUT2D eigenvalue weighted by atomic mass is 10.0. The Morgan fingerprint density at radius 3 is 2.38 bits per heavy atom. The van der Waals surface area contributed by atoms with Gasteiger partial charge in [0.1, 0.15) is 0 Å². The first-order chi connectivity index (χ1) is 6.18. The van der Waals surface area contributed by atoms with E-state index >= 15 is 0 Å². The molecular weight excluding hydrogens is 166 g/mol. The van der Waals surface area contributed by atoms with Gasteiger partial charge in [0.05, 0.1) is 5.60 Å². The van der Waals surface area contributed by atoms with Crippen LogP contribution < -0.4 is 5.73 Å². The lowest BCUT2D eigenvalue weighted by Crippen LogP contribution is -2.37. The van der Waals surface area contributed by atoms with Gasteiger partial charge in [-0.25, -0.2) is 0 Å².